The van der Waals surface area contributed by atoms with E-state index in [9.17, 15) is 4.79 Å². The van der Waals surface area contributed by atoms with E-state index in [1.165, 1.54) is 6.42 Å². The molecule has 11 heteroatoms. The summed E-state index contributed by atoms with van der Waals surface area (Å²) in [7, 11) is 0. The number of hydrogen-bond donors (Lipinski definition) is 2. The number of amides is 2. The highest BCUT2D eigenvalue weighted by Gasteiger charge is 2.41. The molecule has 188 valence electrons. The molecule has 4 aromatic rings. The van der Waals surface area contributed by atoms with Gasteiger partial charge in [-0.3, -0.25) is 10.00 Å². The van der Waals surface area contributed by atoms with Gasteiger partial charge in [0.2, 0.25) is 0 Å². The lowest BCUT2D eigenvalue weighted by Crippen LogP contribution is -2.41. The van der Waals surface area contributed by atoms with Gasteiger partial charge in [-0.15, -0.1) is 12.4 Å². The van der Waals surface area contributed by atoms with Gasteiger partial charge < -0.3 is 10.2 Å². The van der Waals surface area contributed by atoms with Gasteiger partial charge in [0.15, 0.2) is 11.5 Å². The summed E-state index contributed by atoms with van der Waals surface area (Å²) in [6.45, 7) is 6.83. The van der Waals surface area contributed by atoms with Crippen molar-refractivity contribution in [3.63, 3.8) is 0 Å². The molecule has 2 aliphatic heterocycles. The number of rotatable bonds is 6. The highest BCUT2D eigenvalue weighted by molar-refractivity contribution is 5.94. The zero-order valence-corrected chi connectivity index (χ0v) is 21.1. The van der Waals surface area contributed by atoms with Crippen LogP contribution in [-0.2, 0) is 0 Å². The first-order valence-electron chi connectivity index (χ1n) is 12.2. The van der Waals surface area contributed by atoms with Crippen LogP contribution in [0, 0.1) is 5.92 Å². The van der Waals surface area contributed by atoms with Crippen LogP contribution in [0.15, 0.2) is 49.1 Å². The molecule has 0 radical (unpaired) electrons. The highest BCUT2D eigenvalue weighted by atomic mass is 35.5. The molecule has 10 nitrogen and oxygen atoms in total. The van der Waals surface area contributed by atoms with E-state index >= 15 is 0 Å². The molecule has 0 unspecified atom stereocenters. The van der Waals surface area contributed by atoms with Gasteiger partial charge in [-0.1, -0.05) is 38.1 Å². The zero-order valence-electron chi connectivity index (χ0n) is 20.3. The number of fused-ring (bicyclic) bond motifs is 1. The number of benzene rings is 1. The van der Waals surface area contributed by atoms with Crippen molar-refractivity contribution in [3.05, 3.63) is 49.1 Å². The van der Waals surface area contributed by atoms with E-state index in [1.807, 2.05) is 52.5 Å². The number of carbonyl (C=O) groups excluding carboxylic acids is 1. The van der Waals surface area contributed by atoms with Crippen LogP contribution >= 0.6 is 12.4 Å². The number of nitrogens with zero attached hydrogens (tertiary/aromatic N) is 7. The van der Waals surface area contributed by atoms with E-state index in [2.05, 4.69) is 39.4 Å². The van der Waals surface area contributed by atoms with E-state index in [0.717, 1.165) is 48.4 Å². The SMILES string of the molecule is CC(C)[C@H]1CN(C[C@H]2CCCN2)C(=O)N1c1ccn2ncc(-c3ccc(-c4nc[nH]n4)cc3)c2n1.Cl. The predicted octanol–water partition coefficient (Wildman–Crippen LogP) is 3.62. The van der Waals surface area contributed by atoms with Gasteiger partial charge >= 0.3 is 6.03 Å². The summed E-state index contributed by atoms with van der Waals surface area (Å²) in [5.41, 5.74) is 3.55. The molecule has 0 spiro atoms. The van der Waals surface area contributed by atoms with Crippen LogP contribution in [0.4, 0.5) is 10.6 Å². The second-order valence-corrected chi connectivity index (χ2v) is 9.67. The van der Waals surface area contributed by atoms with Crippen LogP contribution in [0.5, 0.6) is 0 Å². The lowest BCUT2D eigenvalue weighted by Gasteiger charge is -2.25. The highest BCUT2D eigenvalue weighted by Crippen LogP contribution is 2.31. The molecule has 3 aromatic heterocycles. The molecular weight excluding hydrogens is 478 g/mol. The van der Waals surface area contributed by atoms with Crippen LogP contribution in [0.1, 0.15) is 26.7 Å². The van der Waals surface area contributed by atoms with Crippen molar-refractivity contribution >= 4 is 29.9 Å². The maximum Gasteiger partial charge on any atom is 0.326 e. The number of H-pyrrole nitrogens is 1. The Kier molecular flexibility index (Phi) is 6.63. The first-order valence-corrected chi connectivity index (χ1v) is 12.2. The molecule has 0 aliphatic carbocycles. The maximum absolute atomic E-state index is 13.5. The van der Waals surface area contributed by atoms with Gasteiger partial charge in [-0.05, 0) is 36.9 Å². The number of halogens is 1. The summed E-state index contributed by atoms with van der Waals surface area (Å²) in [5, 5.41) is 14.9. The Labute approximate surface area is 215 Å². The van der Waals surface area contributed by atoms with Gasteiger partial charge in [0.25, 0.3) is 0 Å². The van der Waals surface area contributed by atoms with Gasteiger partial charge in [0.1, 0.15) is 12.1 Å². The molecule has 0 saturated carbocycles. The molecule has 2 saturated heterocycles. The van der Waals surface area contributed by atoms with Crippen LogP contribution in [-0.4, -0.2) is 72.4 Å². The molecule has 5 heterocycles. The third kappa shape index (κ3) is 4.31. The Morgan fingerprint density at radius 2 is 1.94 bits per heavy atom. The summed E-state index contributed by atoms with van der Waals surface area (Å²) in [6, 6.07) is 10.4. The standard InChI is InChI=1S/C25H29N9O.ClH/c1-16(2)21-14-32(13-19-4-3-10-26-19)25(35)34(21)22-9-11-33-24(30-22)20(12-29-33)17-5-7-18(8-6-17)23-27-15-28-31-23;/h5-9,11-12,15-16,19,21,26H,3-4,10,13-14H2,1-2H3,(H,27,28,31);1H/t19-,21-;/m1./s1. The average molecular weight is 508 g/mol. The number of anilines is 1. The third-order valence-corrected chi connectivity index (χ3v) is 7.06. The number of urea groups is 1. The van der Waals surface area contributed by atoms with E-state index in [-0.39, 0.29) is 24.5 Å². The number of aromatic nitrogens is 6. The van der Waals surface area contributed by atoms with E-state index in [4.69, 9.17) is 4.98 Å². The Morgan fingerprint density at radius 1 is 1.14 bits per heavy atom. The van der Waals surface area contributed by atoms with Gasteiger partial charge in [0, 0.05) is 36.5 Å². The normalized spacial score (nSPS) is 20.0. The van der Waals surface area contributed by atoms with Crippen LogP contribution in [0.3, 0.4) is 0 Å². The minimum Gasteiger partial charge on any atom is -0.321 e. The molecule has 6 rings (SSSR count). The van der Waals surface area contributed by atoms with Crippen molar-refractivity contribution in [2.45, 2.75) is 38.8 Å². The van der Waals surface area contributed by atoms with E-state index in [1.54, 1.807) is 10.8 Å². The molecule has 2 aliphatic rings. The summed E-state index contributed by atoms with van der Waals surface area (Å²) >= 11 is 0. The van der Waals surface area contributed by atoms with Crippen molar-refractivity contribution in [1.82, 2.24) is 40.0 Å². The molecule has 2 atom stereocenters. The second kappa shape index (κ2) is 9.87. The monoisotopic (exact) mass is 507 g/mol. The molecule has 2 N–H and O–H groups in total. The largest absolute Gasteiger partial charge is 0.326 e. The number of nitrogens with one attached hydrogen (secondary N) is 2. The fraction of sp³-hybridized carbons (Fsp3) is 0.400. The Bertz CT molecular complexity index is 1330. The molecule has 2 amide bonds. The summed E-state index contributed by atoms with van der Waals surface area (Å²) < 4.78 is 1.76. The van der Waals surface area contributed by atoms with E-state index in [0.29, 0.717) is 23.6 Å². The minimum absolute atomic E-state index is 0. The van der Waals surface area contributed by atoms with Crippen molar-refractivity contribution in [3.8, 4) is 22.5 Å². The van der Waals surface area contributed by atoms with Crippen molar-refractivity contribution in [1.29, 1.82) is 0 Å². The van der Waals surface area contributed by atoms with E-state index < -0.39 is 0 Å². The summed E-state index contributed by atoms with van der Waals surface area (Å²) in [4.78, 5) is 26.6. The Balaban J connectivity index is 0.00000267. The first kappa shape index (κ1) is 24.2. The Hall–Kier alpha value is -3.50. The predicted molar refractivity (Wildman–Crippen MR) is 140 cm³/mol. The molecule has 1 aromatic carbocycles. The fourth-order valence-electron chi connectivity index (χ4n) is 5.13. The van der Waals surface area contributed by atoms with Crippen molar-refractivity contribution in [2.75, 3.05) is 24.5 Å². The van der Waals surface area contributed by atoms with Crippen LogP contribution < -0.4 is 10.2 Å². The summed E-state index contributed by atoms with van der Waals surface area (Å²) in [5.74, 6) is 1.63. The first-order chi connectivity index (χ1) is 17.1. The van der Waals surface area contributed by atoms with Crippen LogP contribution in [0.25, 0.3) is 28.2 Å². The average Bonchev–Trinajstić information content (AvgIpc) is 3.67. The topological polar surface area (TPSA) is 107 Å². The molecular formula is C25H30ClN9O. The lowest BCUT2D eigenvalue weighted by atomic mass is 10.0. The smallest absolute Gasteiger partial charge is 0.321 e. The molecule has 2 fully saturated rings. The number of aromatic amines is 1. The van der Waals surface area contributed by atoms with Gasteiger partial charge in [0.05, 0.1) is 12.2 Å². The second-order valence-electron chi connectivity index (χ2n) is 9.67. The molecule has 0 bridgehead atoms. The number of carbonyl (C=O) groups is 1. The zero-order chi connectivity index (χ0) is 23.9. The Morgan fingerprint density at radius 3 is 2.64 bits per heavy atom. The third-order valence-electron chi connectivity index (χ3n) is 7.06. The maximum atomic E-state index is 13.5. The van der Waals surface area contributed by atoms with Crippen molar-refractivity contribution < 1.29 is 4.79 Å². The van der Waals surface area contributed by atoms with Crippen LogP contribution in [0.2, 0.25) is 0 Å². The fourth-order valence-corrected chi connectivity index (χ4v) is 5.13. The lowest BCUT2D eigenvalue weighted by molar-refractivity contribution is 0.215. The molecule has 36 heavy (non-hydrogen) atoms. The van der Waals surface area contributed by atoms with Crippen molar-refractivity contribution in [2.24, 2.45) is 5.92 Å². The van der Waals surface area contributed by atoms with Gasteiger partial charge in [-0.2, -0.15) is 10.2 Å². The quantitative estimate of drug-likeness (QED) is 0.412. The summed E-state index contributed by atoms with van der Waals surface area (Å²) in [6.07, 6.45) is 7.56. The number of hydrogen-bond acceptors (Lipinski definition) is 6. The van der Waals surface area contributed by atoms with Gasteiger partial charge in [-0.25, -0.2) is 19.3 Å². The minimum atomic E-state index is 0.